The number of rotatable bonds is 10. The monoisotopic (exact) mass is 660 g/mol. The minimum Gasteiger partial charge on any atom is -0.494 e. The molecule has 0 amide bonds. The quantitative estimate of drug-likeness (QED) is 0.153. The number of methoxy groups -OCH3 is 1. The van der Waals surface area contributed by atoms with Crippen LogP contribution in [0.4, 0.5) is 0 Å². The highest BCUT2D eigenvalue weighted by atomic mass is 32.1. The van der Waals surface area contributed by atoms with Crippen LogP contribution in [0.2, 0.25) is 0 Å². The zero-order chi connectivity index (χ0) is 33.8. The lowest BCUT2D eigenvalue weighted by atomic mass is 9.95. The molecule has 0 spiro atoms. The molecule has 3 aromatic carbocycles. The molecular weight excluding hydrogens is 628 g/mol. The van der Waals surface area contributed by atoms with E-state index in [1.165, 1.54) is 29.1 Å². The summed E-state index contributed by atoms with van der Waals surface area (Å²) in [6, 6.07) is 23.1. The summed E-state index contributed by atoms with van der Waals surface area (Å²) < 4.78 is 19.6. The molecule has 0 unspecified atom stereocenters. The third-order valence-corrected chi connectivity index (χ3v) is 8.69. The van der Waals surface area contributed by atoms with Gasteiger partial charge in [0.2, 0.25) is 0 Å². The largest absolute Gasteiger partial charge is 0.494 e. The number of nitrogens with zero attached hydrogens (tertiary/aromatic N) is 4. The number of allylic oxidation sites excluding steroid dienone is 1. The van der Waals surface area contributed by atoms with Crippen LogP contribution in [0.3, 0.4) is 0 Å². The van der Waals surface area contributed by atoms with Crippen molar-refractivity contribution in [2.75, 3.05) is 20.3 Å². The van der Waals surface area contributed by atoms with Gasteiger partial charge in [-0.15, -0.1) is 0 Å². The fourth-order valence-corrected chi connectivity index (χ4v) is 6.51. The van der Waals surface area contributed by atoms with Gasteiger partial charge in [0, 0.05) is 17.3 Å². The van der Waals surface area contributed by atoms with E-state index < -0.39 is 18.0 Å². The van der Waals surface area contributed by atoms with Gasteiger partial charge in [-0.05, 0) is 74.0 Å². The molecule has 48 heavy (non-hydrogen) atoms. The second kappa shape index (κ2) is 13.9. The molecule has 0 N–H and O–H groups in total. The molecule has 2 aromatic heterocycles. The molecule has 0 bridgehead atoms. The first-order valence-electron chi connectivity index (χ1n) is 15.2. The molecule has 0 saturated carbocycles. The third-order valence-electron chi connectivity index (χ3n) is 7.71. The van der Waals surface area contributed by atoms with Crippen molar-refractivity contribution < 1.29 is 23.8 Å². The van der Waals surface area contributed by atoms with Gasteiger partial charge in [-0.25, -0.2) is 19.3 Å². The van der Waals surface area contributed by atoms with Gasteiger partial charge in [0.1, 0.15) is 18.1 Å². The summed E-state index contributed by atoms with van der Waals surface area (Å²) in [6.45, 7) is 7.82. The molecule has 1 aliphatic heterocycles. The molecule has 0 saturated heterocycles. The first-order valence-corrected chi connectivity index (χ1v) is 16.0. The normalized spacial score (nSPS) is 14.2. The van der Waals surface area contributed by atoms with Crippen molar-refractivity contribution in [2.24, 2.45) is 4.99 Å². The van der Waals surface area contributed by atoms with Crippen LogP contribution >= 0.6 is 11.3 Å². The highest BCUT2D eigenvalue weighted by molar-refractivity contribution is 7.07. The van der Waals surface area contributed by atoms with Gasteiger partial charge in [-0.1, -0.05) is 54.3 Å². The summed E-state index contributed by atoms with van der Waals surface area (Å²) in [5.74, 6) is -0.368. The zero-order valence-corrected chi connectivity index (χ0v) is 27.4. The molecule has 11 heteroatoms. The molecule has 1 aliphatic rings. The van der Waals surface area contributed by atoms with Crippen molar-refractivity contribution in [3.05, 3.63) is 145 Å². The van der Waals surface area contributed by atoms with E-state index in [4.69, 9.17) is 19.3 Å². The second-order valence-corrected chi connectivity index (χ2v) is 11.8. The summed E-state index contributed by atoms with van der Waals surface area (Å²) in [6.07, 6.45) is 5.15. The van der Waals surface area contributed by atoms with Gasteiger partial charge in [-0.3, -0.25) is 9.36 Å². The van der Waals surface area contributed by atoms with Crippen molar-refractivity contribution in [1.82, 2.24) is 14.3 Å². The Bertz CT molecular complexity index is 2210. The highest BCUT2D eigenvalue weighted by Crippen LogP contribution is 2.31. The fraction of sp³-hybridized carbons (Fsp3) is 0.162. The molecule has 1 atom stereocenters. The Hall–Kier alpha value is -5.81. The van der Waals surface area contributed by atoms with Crippen LogP contribution in [0.15, 0.2) is 119 Å². The Kier molecular flexibility index (Phi) is 9.31. The number of hydrogen-bond donors (Lipinski definition) is 0. The first kappa shape index (κ1) is 32.1. The van der Waals surface area contributed by atoms with Crippen LogP contribution in [0.5, 0.6) is 5.75 Å². The zero-order valence-electron chi connectivity index (χ0n) is 26.6. The summed E-state index contributed by atoms with van der Waals surface area (Å²) >= 11 is 1.21. The molecule has 0 aliphatic carbocycles. The lowest BCUT2D eigenvalue weighted by Crippen LogP contribution is -2.40. The number of para-hydroxylation sites is 1. The van der Waals surface area contributed by atoms with E-state index in [9.17, 15) is 14.4 Å². The van der Waals surface area contributed by atoms with Crippen LogP contribution in [0, 0.1) is 0 Å². The SMILES string of the molecule is C=CCOC(=O)C1=C(C)N=c2s/c(=C\c3cn(-c4ccccc4)nc3-c3ccc(OCC)cc3)c(=O)n2[C@H]1c1ccc(C(=O)OC)cc1. The number of carbonyl (C=O) groups is 2. The Balaban J connectivity index is 1.52. The highest BCUT2D eigenvalue weighted by Gasteiger charge is 2.33. The summed E-state index contributed by atoms with van der Waals surface area (Å²) in [5, 5.41) is 4.90. The Labute approximate surface area is 280 Å². The van der Waals surface area contributed by atoms with E-state index in [0.29, 0.717) is 44.0 Å². The smallest absolute Gasteiger partial charge is 0.338 e. The van der Waals surface area contributed by atoms with Crippen molar-refractivity contribution >= 4 is 29.4 Å². The maximum absolute atomic E-state index is 14.3. The number of ether oxygens (including phenoxy) is 3. The van der Waals surface area contributed by atoms with E-state index in [2.05, 4.69) is 11.6 Å². The maximum atomic E-state index is 14.3. The molecule has 242 valence electrons. The number of thiazole rings is 1. The van der Waals surface area contributed by atoms with E-state index in [1.807, 2.05) is 67.7 Å². The first-order chi connectivity index (χ1) is 23.3. The van der Waals surface area contributed by atoms with Crippen LogP contribution in [0.25, 0.3) is 23.0 Å². The van der Waals surface area contributed by atoms with Gasteiger partial charge in [0.15, 0.2) is 4.80 Å². The van der Waals surface area contributed by atoms with Gasteiger partial charge >= 0.3 is 11.9 Å². The van der Waals surface area contributed by atoms with E-state index in [0.717, 1.165) is 17.0 Å². The van der Waals surface area contributed by atoms with Crippen molar-refractivity contribution in [3.8, 4) is 22.7 Å². The summed E-state index contributed by atoms with van der Waals surface area (Å²) in [5.41, 5.74) is 4.33. The fourth-order valence-electron chi connectivity index (χ4n) is 5.48. The predicted octanol–water partition coefficient (Wildman–Crippen LogP) is 5.00. The molecule has 3 heterocycles. The van der Waals surface area contributed by atoms with Gasteiger partial charge in [0.05, 0.1) is 46.8 Å². The van der Waals surface area contributed by atoms with E-state index in [-0.39, 0.29) is 17.7 Å². The van der Waals surface area contributed by atoms with Crippen LogP contribution in [0.1, 0.15) is 41.4 Å². The van der Waals surface area contributed by atoms with E-state index >= 15 is 0 Å². The Morgan fingerprint density at radius 2 is 1.73 bits per heavy atom. The van der Waals surface area contributed by atoms with Gasteiger partial charge in [0.25, 0.3) is 5.56 Å². The van der Waals surface area contributed by atoms with Gasteiger partial charge < -0.3 is 14.2 Å². The topological polar surface area (TPSA) is 114 Å². The number of aromatic nitrogens is 3. The molecular formula is C37H32N4O6S. The van der Waals surface area contributed by atoms with Crippen LogP contribution in [-0.4, -0.2) is 46.6 Å². The summed E-state index contributed by atoms with van der Waals surface area (Å²) in [4.78, 5) is 45.0. The van der Waals surface area contributed by atoms with E-state index in [1.54, 1.807) is 41.9 Å². The van der Waals surface area contributed by atoms with Crippen molar-refractivity contribution in [2.45, 2.75) is 19.9 Å². The minimum absolute atomic E-state index is 0.00619. The standard InChI is InChI=1S/C37H32N4O6S/c1-5-20-47-36(44)31-23(3)38-37-41(33(31)25-12-14-26(15-13-25)35(43)45-4)34(42)30(48-37)21-27-22-40(28-10-8-7-9-11-28)39-32(27)24-16-18-29(19-17-24)46-6-2/h5,7-19,21-22,33H,1,6,20H2,2-4H3/b30-21-/t33-/m0/s1. The lowest BCUT2D eigenvalue weighted by molar-refractivity contribution is -0.138. The van der Waals surface area contributed by atoms with Crippen molar-refractivity contribution in [1.29, 1.82) is 0 Å². The summed E-state index contributed by atoms with van der Waals surface area (Å²) in [7, 11) is 1.30. The number of esters is 2. The van der Waals surface area contributed by atoms with Gasteiger partial charge in [-0.2, -0.15) is 5.10 Å². The van der Waals surface area contributed by atoms with Crippen LogP contribution < -0.4 is 19.6 Å². The number of carbonyl (C=O) groups excluding carboxylic acids is 2. The number of benzene rings is 3. The van der Waals surface area contributed by atoms with Crippen LogP contribution in [-0.2, 0) is 14.3 Å². The molecule has 10 nitrogen and oxygen atoms in total. The third kappa shape index (κ3) is 6.27. The maximum Gasteiger partial charge on any atom is 0.338 e. The molecule has 0 fully saturated rings. The molecule has 0 radical (unpaired) electrons. The molecule has 6 rings (SSSR count). The Morgan fingerprint density at radius 1 is 1.00 bits per heavy atom. The minimum atomic E-state index is -0.856. The number of hydrogen-bond acceptors (Lipinski definition) is 9. The predicted molar refractivity (Wildman–Crippen MR) is 183 cm³/mol. The average molecular weight is 661 g/mol. The van der Waals surface area contributed by atoms with Crippen molar-refractivity contribution in [3.63, 3.8) is 0 Å². The number of fused-ring (bicyclic) bond motifs is 1. The average Bonchev–Trinajstić information content (AvgIpc) is 3.67. The second-order valence-electron chi connectivity index (χ2n) is 10.8. The lowest BCUT2D eigenvalue weighted by Gasteiger charge is -2.24. The Morgan fingerprint density at radius 3 is 2.40 bits per heavy atom. The molecule has 5 aromatic rings.